The number of aromatic nitrogens is 1. The van der Waals surface area contributed by atoms with Gasteiger partial charge in [-0.1, -0.05) is 0 Å². The van der Waals surface area contributed by atoms with E-state index in [9.17, 15) is 19.7 Å². The molecule has 0 saturated carbocycles. The largest absolute Gasteiger partial charge is 0.481 e. The smallest absolute Gasteiger partial charge is 0.311 e. The fourth-order valence-electron chi connectivity index (χ4n) is 2.05. The molecule has 1 aliphatic heterocycles. The van der Waals surface area contributed by atoms with E-state index in [1.54, 1.807) is 0 Å². The van der Waals surface area contributed by atoms with Gasteiger partial charge in [0.15, 0.2) is 0 Å². The number of nitrogens with zero attached hydrogens (tertiary/aromatic N) is 2. The number of rotatable bonds is 4. The van der Waals surface area contributed by atoms with Crippen LogP contribution in [0.15, 0.2) is 12.3 Å². The van der Waals surface area contributed by atoms with E-state index in [1.807, 2.05) is 0 Å². The first kappa shape index (κ1) is 14.0. The Labute approximate surface area is 113 Å². The van der Waals surface area contributed by atoms with Gasteiger partial charge in [0, 0.05) is 13.1 Å². The van der Waals surface area contributed by atoms with Crippen LogP contribution in [0.5, 0.6) is 0 Å². The molecule has 0 aliphatic carbocycles. The highest BCUT2D eigenvalue weighted by Crippen LogP contribution is 2.17. The van der Waals surface area contributed by atoms with Crippen LogP contribution in [0.2, 0.25) is 0 Å². The monoisotopic (exact) mass is 283 g/mol. The lowest BCUT2D eigenvalue weighted by Gasteiger charge is -2.15. The third kappa shape index (κ3) is 2.62. The second kappa shape index (κ2) is 5.29. The molecular weight excluding hydrogens is 270 g/mol. The van der Waals surface area contributed by atoms with Crippen molar-refractivity contribution in [3.05, 3.63) is 28.1 Å². The molecule has 2 heterocycles. The molecule has 2 rings (SSSR count). The quantitative estimate of drug-likeness (QED) is 0.580. The first-order valence-electron chi connectivity index (χ1n) is 5.82. The van der Waals surface area contributed by atoms with E-state index >= 15 is 0 Å². The Morgan fingerprint density at radius 1 is 1.55 bits per heavy atom. The van der Waals surface area contributed by atoms with E-state index in [2.05, 4.69) is 5.32 Å². The fourth-order valence-corrected chi connectivity index (χ4v) is 2.05. The summed E-state index contributed by atoms with van der Waals surface area (Å²) >= 11 is 0. The number of ether oxygens (including phenoxy) is 1. The van der Waals surface area contributed by atoms with Gasteiger partial charge in [0.25, 0.3) is 11.6 Å². The number of hydrogen-bond acceptors (Lipinski definition) is 5. The molecule has 1 aromatic rings. The molecule has 0 radical (unpaired) electrons. The molecule has 108 valence electrons. The summed E-state index contributed by atoms with van der Waals surface area (Å²) < 4.78 is 6.35. The van der Waals surface area contributed by atoms with Crippen LogP contribution in [0.4, 0.5) is 5.69 Å². The Morgan fingerprint density at radius 2 is 2.25 bits per heavy atom. The first-order chi connectivity index (χ1) is 9.40. The van der Waals surface area contributed by atoms with Crippen molar-refractivity contribution < 1.29 is 24.4 Å². The van der Waals surface area contributed by atoms with Crippen molar-refractivity contribution in [3.8, 4) is 0 Å². The van der Waals surface area contributed by atoms with E-state index in [0.29, 0.717) is 0 Å². The van der Waals surface area contributed by atoms with Crippen molar-refractivity contribution in [3.63, 3.8) is 0 Å². The molecule has 9 nitrogen and oxygen atoms in total. The van der Waals surface area contributed by atoms with Crippen molar-refractivity contribution in [1.29, 1.82) is 0 Å². The summed E-state index contributed by atoms with van der Waals surface area (Å²) in [6, 6.07) is 0.495. The molecule has 1 amide bonds. The van der Waals surface area contributed by atoms with Gasteiger partial charge in [0.05, 0.1) is 30.4 Å². The summed E-state index contributed by atoms with van der Waals surface area (Å²) in [5.74, 6) is -2.43. The molecule has 0 bridgehead atoms. The normalized spacial score (nSPS) is 21.6. The minimum absolute atomic E-state index is 0.0353. The predicted molar refractivity (Wildman–Crippen MR) is 65.3 cm³/mol. The van der Waals surface area contributed by atoms with Crippen molar-refractivity contribution in [2.75, 3.05) is 13.2 Å². The minimum atomic E-state index is -1.05. The van der Waals surface area contributed by atoms with Crippen LogP contribution in [0, 0.1) is 16.0 Å². The highest BCUT2D eigenvalue weighted by Gasteiger charge is 2.35. The summed E-state index contributed by atoms with van der Waals surface area (Å²) in [4.78, 5) is 33.0. The van der Waals surface area contributed by atoms with Crippen molar-refractivity contribution in [2.24, 2.45) is 13.0 Å². The fraction of sp³-hybridized carbons (Fsp3) is 0.455. The molecule has 1 aromatic heterocycles. The van der Waals surface area contributed by atoms with Crippen LogP contribution in [-0.2, 0) is 16.6 Å². The minimum Gasteiger partial charge on any atom is -0.481 e. The standard InChI is InChI=1S/C11H13N3O6/c1-13-3-6(14(18)19)2-9(13)10(15)12-8-5-20-4-7(8)11(16)17/h2-3,7-8H,4-5H2,1H3,(H,12,15)(H,16,17). The number of nitro groups is 1. The molecule has 1 aliphatic rings. The average molecular weight is 283 g/mol. The first-order valence-corrected chi connectivity index (χ1v) is 5.82. The van der Waals surface area contributed by atoms with Crippen molar-refractivity contribution in [2.45, 2.75) is 6.04 Å². The maximum absolute atomic E-state index is 12.0. The highest BCUT2D eigenvalue weighted by molar-refractivity contribution is 5.94. The maximum Gasteiger partial charge on any atom is 0.311 e. The molecule has 2 N–H and O–H groups in total. The topological polar surface area (TPSA) is 124 Å². The Bertz CT molecular complexity index is 567. The van der Waals surface area contributed by atoms with Crippen LogP contribution in [0.3, 0.4) is 0 Å². The molecular formula is C11H13N3O6. The molecule has 0 aromatic carbocycles. The predicted octanol–water partition coefficient (Wildman–Crippen LogP) is -0.237. The number of carboxylic acid groups (broad SMARTS) is 1. The van der Waals surface area contributed by atoms with Gasteiger partial charge in [-0.25, -0.2) is 0 Å². The molecule has 0 spiro atoms. The van der Waals surface area contributed by atoms with Crippen LogP contribution in [0.25, 0.3) is 0 Å². The number of amides is 1. The van der Waals surface area contributed by atoms with Gasteiger partial charge < -0.3 is 19.7 Å². The Morgan fingerprint density at radius 3 is 2.80 bits per heavy atom. The van der Waals surface area contributed by atoms with Gasteiger partial charge in [-0.2, -0.15) is 0 Å². The second-order valence-electron chi connectivity index (χ2n) is 4.51. The Hall–Kier alpha value is -2.42. The summed E-state index contributed by atoms with van der Waals surface area (Å²) in [5, 5.41) is 22.1. The van der Waals surface area contributed by atoms with Crippen LogP contribution < -0.4 is 5.32 Å². The zero-order valence-electron chi connectivity index (χ0n) is 10.6. The van der Waals surface area contributed by atoms with Gasteiger partial charge in [0.2, 0.25) is 0 Å². The summed E-state index contributed by atoms with van der Waals surface area (Å²) in [6.07, 6.45) is 1.22. The highest BCUT2D eigenvalue weighted by atomic mass is 16.6. The van der Waals surface area contributed by atoms with Crippen LogP contribution in [-0.4, -0.2) is 45.7 Å². The van der Waals surface area contributed by atoms with E-state index in [0.717, 1.165) is 6.07 Å². The molecule has 1 saturated heterocycles. The zero-order valence-corrected chi connectivity index (χ0v) is 10.6. The lowest BCUT2D eigenvalue weighted by atomic mass is 10.0. The molecule has 20 heavy (non-hydrogen) atoms. The molecule has 1 fully saturated rings. The van der Waals surface area contributed by atoms with Crippen LogP contribution >= 0.6 is 0 Å². The molecule has 2 unspecified atom stereocenters. The Kier molecular flexibility index (Phi) is 3.70. The van der Waals surface area contributed by atoms with Gasteiger partial charge in [-0.05, 0) is 0 Å². The number of carbonyl (C=O) groups excluding carboxylic acids is 1. The second-order valence-corrected chi connectivity index (χ2v) is 4.51. The van der Waals surface area contributed by atoms with E-state index < -0.39 is 28.8 Å². The third-order valence-electron chi connectivity index (χ3n) is 3.15. The SMILES string of the molecule is Cn1cc([N+](=O)[O-])cc1C(=O)NC1COCC1C(=O)O. The van der Waals surface area contributed by atoms with Gasteiger partial charge >= 0.3 is 5.97 Å². The number of carbonyl (C=O) groups is 2. The summed E-state index contributed by atoms with van der Waals surface area (Å²) in [5.41, 5.74) is -0.108. The van der Waals surface area contributed by atoms with Crippen molar-refractivity contribution in [1.82, 2.24) is 9.88 Å². The average Bonchev–Trinajstić information content (AvgIpc) is 2.95. The van der Waals surface area contributed by atoms with Gasteiger partial charge in [-0.15, -0.1) is 0 Å². The lowest BCUT2D eigenvalue weighted by Crippen LogP contribution is -2.43. The van der Waals surface area contributed by atoms with Crippen molar-refractivity contribution >= 4 is 17.6 Å². The maximum atomic E-state index is 12.0. The summed E-state index contributed by atoms with van der Waals surface area (Å²) in [7, 11) is 1.50. The number of nitrogens with one attached hydrogen (secondary N) is 1. The summed E-state index contributed by atoms with van der Waals surface area (Å²) in [6.45, 7) is 0.142. The zero-order chi connectivity index (χ0) is 14.9. The van der Waals surface area contributed by atoms with E-state index in [1.165, 1.54) is 17.8 Å². The Balaban J connectivity index is 2.12. The molecule has 2 atom stereocenters. The number of carboxylic acids is 1. The number of hydrogen-bond donors (Lipinski definition) is 2. The number of aliphatic carboxylic acids is 1. The number of aryl methyl sites for hydroxylation is 1. The van der Waals surface area contributed by atoms with Crippen LogP contribution in [0.1, 0.15) is 10.5 Å². The van der Waals surface area contributed by atoms with Gasteiger partial charge in [0.1, 0.15) is 11.6 Å². The lowest BCUT2D eigenvalue weighted by molar-refractivity contribution is -0.384. The molecule has 9 heteroatoms. The van der Waals surface area contributed by atoms with Gasteiger partial charge in [-0.3, -0.25) is 19.7 Å². The van der Waals surface area contributed by atoms with E-state index in [4.69, 9.17) is 9.84 Å². The third-order valence-corrected chi connectivity index (χ3v) is 3.15. The van der Waals surface area contributed by atoms with E-state index in [-0.39, 0.29) is 24.6 Å².